The van der Waals surface area contributed by atoms with E-state index in [0.717, 1.165) is 36.4 Å². The van der Waals surface area contributed by atoms with Crippen LogP contribution < -0.4 is 14.8 Å². The van der Waals surface area contributed by atoms with Gasteiger partial charge in [-0.1, -0.05) is 41.6 Å². The molecule has 10 nitrogen and oxygen atoms in total. The molecule has 0 fully saturated rings. The largest absolute Gasteiger partial charge is 0.335 e. The van der Waals surface area contributed by atoms with Crippen LogP contribution in [0.1, 0.15) is 38.1 Å². The number of anilines is 2. The number of carbonyl (C=O) groups excluding carboxylic acids is 1. The number of aromatic nitrogens is 1. The zero-order valence-electron chi connectivity index (χ0n) is 22.9. The van der Waals surface area contributed by atoms with Gasteiger partial charge < -0.3 is 10.2 Å². The summed E-state index contributed by atoms with van der Waals surface area (Å²) in [6, 6.07) is 11.1. The molecule has 3 N–H and O–H groups in total. The number of halogens is 1. The molecular weight excluding hydrogens is 642 g/mol. The summed E-state index contributed by atoms with van der Waals surface area (Å²) in [5, 5.41) is 5.06. The Morgan fingerprint density at radius 1 is 1.07 bits per heavy atom. The first-order valence-electron chi connectivity index (χ1n) is 13.0. The highest BCUT2D eigenvalue weighted by molar-refractivity contribution is 8.03. The highest BCUT2D eigenvalue weighted by Gasteiger charge is 2.27. The van der Waals surface area contributed by atoms with Crippen molar-refractivity contribution in [3.63, 3.8) is 0 Å². The minimum Gasteiger partial charge on any atom is -0.335 e. The van der Waals surface area contributed by atoms with Gasteiger partial charge >= 0.3 is 0 Å². The molecule has 0 spiro atoms. The first-order chi connectivity index (χ1) is 19.7. The Kier molecular flexibility index (Phi) is 10.4. The lowest BCUT2D eigenvalue weighted by Crippen LogP contribution is -2.36. The maximum atomic E-state index is 11.6. The summed E-state index contributed by atoms with van der Waals surface area (Å²) < 4.78 is 66.9. The van der Waals surface area contributed by atoms with Gasteiger partial charge in [0.2, 0.25) is 11.4 Å². The van der Waals surface area contributed by atoms with Crippen LogP contribution in [-0.4, -0.2) is 49.9 Å². The normalized spacial score (nSPS) is 15.0. The molecule has 1 aliphatic rings. The number of carbonyl (C=O) groups is 1. The van der Waals surface area contributed by atoms with Crippen molar-refractivity contribution >= 4 is 88.5 Å². The van der Waals surface area contributed by atoms with Crippen LogP contribution in [0.25, 0.3) is 16.3 Å². The van der Waals surface area contributed by atoms with Crippen molar-refractivity contribution in [1.29, 1.82) is 0 Å². The van der Waals surface area contributed by atoms with E-state index in [9.17, 15) is 30.7 Å². The van der Waals surface area contributed by atoms with E-state index in [4.69, 9.17) is 11.6 Å². The van der Waals surface area contributed by atoms with Crippen LogP contribution in [0.2, 0.25) is 5.02 Å². The monoisotopic (exact) mass is 672 g/mol. The van der Waals surface area contributed by atoms with E-state index < -0.39 is 20.2 Å². The highest BCUT2D eigenvalue weighted by atomic mass is 35.5. The van der Waals surface area contributed by atoms with Crippen LogP contribution in [0.3, 0.4) is 0 Å². The lowest BCUT2D eigenvalue weighted by molar-refractivity contribution is -0.668. The number of thioether (sulfide) groups is 1. The molecule has 4 rings (SSSR count). The second-order valence-electron chi connectivity index (χ2n) is 9.66. The van der Waals surface area contributed by atoms with Crippen LogP contribution in [0.15, 0.2) is 58.0 Å². The molecule has 2 heterocycles. The smallest absolute Gasteiger partial charge is 0.265 e. The van der Waals surface area contributed by atoms with Gasteiger partial charge in [0.25, 0.3) is 25.2 Å². The molecule has 0 aliphatic carbocycles. The average Bonchev–Trinajstić information content (AvgIpc) is 3.38. The first-order valence-corrected chi connectivity index (χ1v) is 18.3. The van der Waals surface area contributed by atoms with Crippen LogP contribution in [0.4, 0.5) is 11.4 Å². The van der Waals surface area contributed by atoms with Crippen molar-refractivity contribution in [2.45, 2.75) is 44.6 Å². The number of hydrogen-bond acceptors (Lipinski definition) is 8. The van der Waals surface area contributed by atoms with Crippen molar-refractivity contribution < 1.29 is 35.3 Å². The number of allylic oxidation sites excluding steroid dienone is 2. The number of aryl methyl sites for hydroxylation is 1. The third-order valence-electron chi connectivity index (χ3n) is 6.34. The summed E-state index contributed by atoms with van der Waals surface area (Å²) in [5.41, 5.74) is 3.26. The van der Waals surface area contributed by atoms with Gasteiger partial charge in [0, 0.05) is 47.6 Å². The van der Waals surface area contributed by atoms with Crippen LogP contribution >= 0.6 is 34.7 Å². The van der Waals surface area contributed by atoms with Crippen molar-refractivity contribution in [3.8, 4) is 0 Å². The fourth-order valence-electron chi connectivity index (χ4n) is 4.51. The van der Waals surface area contributed by atoms with Gasteiger partial charge in [0.15, 0.2) is 6.54 Å². The quantitative estimate of drug-likeness (QED) is 0.165. The van der Waals surface area contributed by atoms with Crippen LogP contribution in [0, 0.1) is 0 Å². The van der Waals surface area contributed by atoms with Crippen molar-refractivity contribution in [1.82, 2.24) is 0 Å². The summed E-state index contributed by atoms with van der Waals surface area (Å²) in [6.45, 7) is 4.11. The molecule has 1 aliphatic heterocycles. The molecule has 0 radical (unpaired) electrons. The standard InChI is InChI=1S/C27H30ClN3O7S4/c1-3-19(14-26-30(10-4-12-41(33,34)35)22-16-20(28)6-8-24(22)39-26)15-27-31(11-5-13-42(36,37)38)23-17-21(29-18(2)32)7-9-25(23)40-27/h6-9,14-17H,3-5,10-13H2,1-2H3,(H2-,29,32,33,34,35,36,37,38)/p+1. The molecule has 0 bridgehead atoms. The van der Waals surface area contributed by atoms with Gasteiger partial charge in [0.1, 0.15) is 4.70 Å². The van der Waals surface area contributed by atoms with Crippen molar-refractivity contribution in [2.75, 3.05) is 28.3 Å². The molecule has 3 aromatic rings. The van der Waals surface area contributed by atoms with E-state index in [0.29, 0.717) is 30.2 Å². The molecule has 226 valence electrons. The predicted octanol–water partition coefficient (Wildman–Crippen LogP) is 5.60. The Balaban J connectivity index is 1.73. The van der Waals surface area contributed by atoms with Crippen molar-refractivity contribution in [2.24, 2.45) is 0 Å². The number of nitrogens with zero attached hydrogens (tertiary/aromatic N) is 2. The van der Waals surface area contributed by atoms with Gasteiger partial charge in [-0.2, -0.15) is 21.4 Å². The fraction of sp³-hybridized carbons (Fsp3) is 0.333. The highest BCUT2D eigenvalue weighted by Crippen LogP contribution is 2.47. The first kappa shape index (κ1) is 32.5. The number of benzene rings is 2. The zero-order valence-corrected chi connectivity index (χ0v) is 26.9. The van der Waals surface area contributed by atoms with Gasteiger partial charge in [0.05, 0.1) is 22.2 Å². The van der Waals surface area contributed by atoms with E-state index in [1.807, 2.05) is 52.8 Å². The van der Waals surface area contributed by atoms with E-state index in [-0.39, 0.29) is 30.3 Å². The summed E-state index contributed by atoms with van der Waals surface area (Å²) in [6.07, 6.45) is 5.12. The van der Waals surface area contributed by atoms with Crippen LogP contribution in [0.5, 0.6) is 0 Å². The number of amides is 1. The minimum atomic E-state index is -4.13. The molecule has 2 aromatic carbocycles. The third kappa shape index (κ3) is 8.78. The maximum absolute atomic E-state index is 11.6. The Labute approximate surface area is 258 Å². The predicted molar refractivity (Wildman–Crippen MR) is 169 cm³/mol. The minimum absolute atomic E-state index is 0.191. The van der Waals surface area contributed by atoms with E-state index in [2.05, 4.69) is 5.32 Å². The Bertz CT molecular complexity index is 1780. The Morgan fingerprint density at radius 2 is 1.79 bits per heavy atom. The van der Waals surface area contributed by atoms with Gasteiger partial charge in [-0.15, -0.1) is 0 Å². The molecule has 1 aromatic heterocycles. The number of thiazole rings is 1. The molecule has 0 unspecified atom stereocenters. The van der Waals surface area contributed by atoms with E-state index in [1.165, 1.54) is 30.0 Å². The molecule has 0 saturated heterocycles. The van der Waals surface area contributed by atoms with Crippen LogP contribution in [-0.2, 0) is 31.6 Å². The van der Waals surface area contributed by atoms with Gasteiger partial charge in [-0.3, -0.25) is 13.9 Å². The number of nitrogens with one attached hydrogen (secondary N) is 1. The molecular formula is C27H31ClN3O7S4+. The molecule has 42 heavy (non-hydrogen) atoms. The van der Waals surface area contributed by atoms with E-state index >= 15 is 0 Å². The summed E-state index contributed by atoms with van der Waals surface area (Å²) >= 11 is 9.32. The summed E-state index contributed by atoms with van der Waals surface area (Å²) in [5.74, 6) is -0.952. The van der Waals surface area contributed by atoms with Gasteiger partial charge in [-0.25, -0.2) is 0 Å². The Hall–Kier alpha value is -2.46. The number of hydrogen-bond donors (Lipinski definition) is 3. The zero-order chi connectivity index (χ0) is 30.7. The van der Waals surface area contributed by atoms with Crippen molar-refractivity contribution in [3.05, 3.63) is 63.1 Å². The molecule has 0 atom stereocenters. The third-order valence-corrected chi connectivity index (χ3v) is 10.4. The average molecular weight is 673 g/mol. The Morgan fingerprint density at radius 3 is 2.45 bits per heavy atom. The molecule has 15 heteroatoms. The lowest BCUT2D eigenvalue weighted by atomic mass is 10.2. The van der Waals surface area contributed by atoms with Gasteiger partial charge in [-0.05, 0) is 54.8 Å². The number of rotatable bonds is 12. The lowest BCUT2D eigenvalue weighted by Gasteiger charge is -2.20. The van der Waals surface area contributed by atoms with E-state index in [1.54, 1.807) is 12.1 Å². The second kappa shape index (κ2) is 13.5. The summed E-state index contributed by atoms with van der Waals surface area (Å²) in [4.78, 5) is 14.6. The topological polar surface area (TPSA) is 145 Å². The summed E-state index contributed by atoms with van der Waals surface area (Å²) in [7, 11) is -8.23. The number of fused-ring (bicyclic) bond motifs is 2. The molecule has 1 amide bonds. The fourth-order valence-corrected chi connectivity index (χ4v) is 7.95. The SMILES string of the molecule is CCC(=Cc1sc2ccc(NC(C)=O)cc2[n+]1CCCS(=O)(=O)O)C=C1Sc2ccc(Cl)cc2N1CCCS(=O)(=O)O. The second-order valence-corrected chi connectivity index (χ2v) is 15.4. The molecule has 0 saturated carbocycles. The maximum Gasteiger partial charge on any atom is 0.265 e.